The van der Waals surface area contributed by atoms with Gasteiger partial charge in [0.25, 0.3) is 0 Å². The second-order valence-electron chi connectivity index (χ2n) is 2.96. The van der Waals surface area contributed by atoms with Crippen molar-refractivity contribution < 1.29 is 0 Å². The highest BCUT2D eigenvalue weighted by molar-refractivity contribution is 9.11. The fraction of sp³-hybridized carbons (Fsp3) is 0.200. The zero-order valence-corrected chi connectivity index (χ0v) is 10.9. The number of hydrogen-bond donors (Lipinski definition) is 1. The van der Waals surface area contributed by atoms with E-state index in [0.717, 1.165) is 0 Å². The Balaban J connectivity index is 2.31. The highest BCUT2D eigenvalue weighted by Gasteiger charge is 2.13. The Labute approximate surface area is 99.9 Å². The molecule has 2 heterocycles. The lowest BCUT2D eigenvalue weighted by atomic mass is 10.1. The first-order chi connectivity index (χ1) is 6.81. The van der Waals surface area contributed by atoms with Gasteiger partial charge in [-0.1, -0.05) is 0 Å². The first-order valence-electron chi connectivity index (χ1n) is 4.24. The van der Waals surface area contributed by atoms with E-state index in [1.165, 1.54) is 14.9 Å². The normalized spacial score (nSPS) is 13.0. The van der Waals surface area contributed by atoms with E-state index in [9.17, 15) is 0 Å². The maximum atomic E-state index is 3.49. The van der Waals surface area contributed by atoms with Gasteiger partial charge in [-0.2, -0.15) is 11.3 Å². The van der Waals surface area contributed by atoms with Crippen molar-refractivity contribution in [2.75, 3.05) is 7.05 Å². The minimum absolute atomic E-state index is 0.323. The van der Waals surface area contributed by atoms with Gasteiger partial charge in [0.05, 0.1) is 9.83 Å². The summed E-state index contributed by atoms with van der Waals surface area (Å²) in [4.78, 5) is 0. The fourth-order valence-electron chi connectivity index (χ4n) is 1.44. The molecule has 0 amide bonds. The summed E-state index contributed by atoms with van der Waals surface area (Å²) in [5, 5.41) is 9.81. The number of halogens is 1. The molecule has 74 valence electrons. The molecule has 1 nitrogen and oxygen atoms in total. The average Bonchev–Trinajstić information content (AvgIpc) is 2.79. The maximum Gasteiger partial charge on any atom is 0.0701 e. The zero-order valence-electron chi connectivity index (χ0n) is 7.66. The third kappa shape index (κ3) is 2.08. The summed E-state index contributed by atoms with van der Waals surface area (Å²) in [7, 11) is 1.99. The van der Waals surface area contributed by atoms with Gasteiger partial charge < -0.3 is 5.32 Å². The zero-order chi connectivity index (χ0) is 9.97. The van der Waals surface area contributed by atoms with Crippen molar-refractivity contribution in [1.29, 1.82) is 0 Å². The Hall–Kier alpha value is -0.160. The molecule has 0 saturated carbocycles. The molecule has 0 aliphatic heterocycles. The van der Waals surface area contributed by atoms with Gasteiger partial charge in [0, 0.05) is 0 Å². The Bertz CT molecular complexity index is 394. The van der Waals surface area contributed by atoms with Gasteiger partial charge >= 0.3 is 0 Å². The van der Waals surface area contributed by atoms with Crippen molar-refractivity contribution in [2.24, 2.45) is 0 Å². The van der Waals surface area contributed by atoms with Crippen LogP contribution in [0.25, 0.3) is 0 Å². The van der Waals surface area contributed by atoms with Crippen LogP contribution >= 0.6 is 38.6 Å². The third-order valence-electron chi connectivity index (χ3n) is 2.09. The maximum absolute atomic E-state index is 3.49. The molecule has 1 atom stereocenters. The molecule has 0 radical (unpaired) electrons. The van der Waals surface area contributed by atoms with Crippen LogP contribution in [0.5, 0.6) is 0 Å². The molecular formula is C10H10BrNS2. The van der Waals surface area contributed by atoms with Crippen LogP contribution in [0.2, 0.25) is 0 Å². The molecule has 0 aromatic carbocycles. The summed E-state index contributed by atoms with van der Waals surface area (Å²) in [5.74, 6) is 0. The van der Waals surface area contributed by atoms with Gasteiger partial charge in [0.2, 0.25) is 0 Å². The molecule has 0 saturated heterocycles. The summed E-state index contributed by atoms with van der Waals surface area (Å²) in [6, 6.07) is 4.66. The van der Waals surface area contributed by atoms with Crippen molar-refractivity contribution in [3.63, 3.8) is 0 Å². The largest absolute Gasteiger partial charge is 0.309 e. The minimum Gasteiger partial charge on any atom is -0.309 e. The van der Waals surface area contributed by atoms with E-state index in [-0.39, 0.29) is 0 Å². The Morgan fingerprint density at radius 1 is 1.36 bits per heavy atom. The van der Waals surface area contributed by atoms with E-state index < -0.39 is 0 Å². The Morgan fingerprint density at radius 2 is 2.21 bits per heavy atom. The van der Waals surface area contributed by atoms with Crippen LogP contribution in [-0.4, -0.2) is 7.05 Å². The van der Waals surface area contributed by atoms with Crippen molar-refractivity contribution in [1.82, 2.24) is 5.32 Å². The summed E-state index contributed by atoms with van der Waals surface area (Å²) in [6.07, 6.45) is 0. The van der Waals surface area contributed by atoms with Gasteiger partial charge in [-0.15, -0.1) is 11.3 Å². The van der Waals surface area contributed by atoms with E-state index in [1.54, 1.807) is 22.7 Å². The summed E-state index contributed by atoms with van der Waals surface area (Å²) in [6.45, 7) is 0. The van der Waals surface area contributed by atoms with Crippen LogP contribution < -0.4 is 5.32 Å². The SMILES string of the molecule is CNC(c1ccsc1)c1csc(Br)c1. The highest BCUT2D eigenvalue weighted by Crippen LogP contribution is 2.29. The number of rotatable bonds is 3. The standard InChI is InChI=1S/C10H10BrNS2/c1-12-10(7-2-3-13-5-7)8-4-9(11)14-6-8/h2-6,10,12H,1H3. The molecule has 0 aliphatic rings. The van der Waals surface area contributed by atoms with Gasteiger partial charge in [0.1, 0.15) is 0 Å². The van der Waals surface area contributed by atoms with Crippen molar-refractivity contribution in [3.8, 4) is 0 Å². The van der Waals surface area contributed by atoms with E-state index in [0.29, 0.717) is 6.04 Å². The van der Waals surface area contributed by atoms with Crippen molar-refractivity contribution in [3.05, 3.63) is 43.2 Å². The molecule has 2 rings (SSSR count). The number of thiophene rings is 2. The topological polar surface area (TPSA) is 12.0 Å². The Kier molecular flexibility index (Phi) is 3.38. The number of nitrogens with one attached hydrogen (secondary N) is 1. The van der Waals surface area contributed by atoms with E-state index >= 15 is 0 Å². The molecule has 0 bridgehead atoms. The quantitative estimate of drug-likeness (QED) is 0.903. The van der Waals surface area contributed by atoms with Crippen molar-refractivity contribution in [2.45, 2.75) is 6.04 Å². The van der Waals surface area contributed by atoms with Crippen LogP contribution in [0.1, 0.15) is 17.2 Å². The summed E-state index contributed by atoms with van der Waals surface area (Å²) < 4.78 is 1.18. The molecule has 1 unspecified atom stereocenters. The molecule has 2 aromatic heterocycles. The highest BCUT2D eigenvalue weighted by atomic mass is 79.9. The van der Waals surface area contributed by atoms with E-state index in [1.807, 2.05) is 7.05 Å². The lowest BCUT2D eigenvalue weighted by molar-refractivity contribution is 0.696. The smallest absolute Gasteiger partial charge is 0.0701 e. The monoisotopic (exact) mass is 287 g/mol. The fourth-order valence-corrected chi connectivity index (χ4v) is 3.33. The first kappa shape index (κ1) is 10.4. The molecule has 0 aliphatic carbocycles. The minimum atomic E-state index is 0.323. The second-order valence-corrected chi connectivity index (χ2v) is 6.03. The lowest BCUT2D eigenvalue weighted by Gasteiger charge is -2.12. The molecule has 1 N–H and O–H groups in total. The summed E-state index contributed by atoms with van der Waals surface area (Å²) >= 11 is 6.95. The van der Waals surface area contributed by atoms with Crippen LogP contribution in [0.4, 0.5) is 0 Å². The first-order valence-corrected chi connectivity index (χ1v) is 6.86. The van der Waals surface area contributed by atoms with Crippen molar-refractivity contribution >= 4 is 38.6 Å². The van der Waals surface area contributed by atoms with Crippen LogP contribution in [-0.2, 0) is 0 Å². The molecule has 4 heteroatoms. The third-order valence-corrected chi connectivity index (χ3v) is 4.31. The van der Waals surface area contributed by atoms with Gasteiger partial charge in [0.15, 0.2) is 0 Å². The van der Waals surface area contributed by atoms with Crippen LogP contribution in [0.3, 0.4) is 0 Å². The lowest BCUT2D eigenvalue weighted by Crippen LogP contribution is -2.16. The molecular weight excluding hydrogens is 278 g/mol. The number of hydrogen-bond acceptors (Lipinski definition) is 3. The van der Waals surface area contributed by atoms with Crippen LogP contribution in [0, 0.1) is 0 Å². The van der Waals surface area contributed by atoms with E-state index in [2.05, 4.69) is 49.5 Å². The van der Waals surface area contributed by atoms with Gasteiger partial charge in [-0.3, -0.25) is 0 Å². The predicted octanol–water partition coefficient (Wildman–Crippen LogP) is 3.88. The average molecular weight is 288 g/mol. The van der Waals surface area contributed by atoms with Crippen LogP contribution in [0.15, 0.2) is 32.1 Å². The molecule has 0 fully saturated rings. The van der Waals surface area contributed by atoms with Gasteiger partial charge in [-0.05, 0) is 62.4 Å². The summed E-state index contributed by atoms with van der Waals surface area (Å²) in [5.41, 5.74) is 2.66. The molecule has 2 aromatic rings. The Morgan fingerprint density at radius 3 is 2.71 bits per heavy atom. The van der Waals surface area contributed by atoms with E-state index in [4.69, 9.17) is 0 Å². The molecule has 14 heavy (non-hydrogen) atoms. The molecule has 0 spiro atoms. The predicted molar refractivity (Wildman–Crippen MR) is 67.2 cm³/mol. The van der Waals surface area contributed by atoms with Gasteiger partial charge in [-0.25, -0.2) is 0 Å². The second kappa shape index (κ2) is 4.57.